The fraction of sp³-hybridized carbons (Fsp3) is 1.00. The molecular formula is C24H51AsO. The van der Waals surface area contributed by atoms with E-state index in [1.165, 1.54) is 77.0 Å². The molecule has 0 aromatic heterocycles. The van der Waals surface area contributed by atoms with Gasteiger partial charge in [0.1, 0.15) is 0 Å². The Kier molecular flexibility index (Phi) is 16.6. The van der Waals surface area contributed by atoms with E-state index >= 15 is 0 Å². The molecule has 0 spiro atoms. The fourth-order valence-electron chi connectivity index (χ4n) is 4.39. The second kappa shape index (κ2) is 16.3. The van der Waals surface area contributed by atoms with Crippen molar-refractivity contribution in [1.29, 1.82) is 0 Å². The van der Waals surface area contributed by atoms with E-state index in [2.05, 4.69) is 41.5 Å². The van der Waals surface area contributed by atoms with Gasteiger partial charge in [-0.05, 0) is 0 Å². The molecule has 158 valence electrons. The zero-order chi connectivity index (χ0) is 19.8. The zero-order valence-electron chi connectivity index (χ0n) is 19.2. The Hall–Kier alpha value is 0.358. The van der Waals surface area contributed by atoms with Crippen LogP contribution in [0.3, 0.4) is 0 Å². The molecule has 3 atom stereocenters. The van der Waals surface area contributed by atoms with Crippen LogP contribution in [0.1, 0.15) is 119 Å². The third-order valence-corrected chi connectivity index (χ3v) is 13.8. The summed E-state index contributed by atoms with van der Waals surface area (Å²) in [5, 5.41) is 3.29. The Morgan fingerprint density at radius 3 is 1.00 bits per heavy atom. The van der Waals surface area contributed by atoms with Gasteiger partial charge in [0.15, 0.2) is 0 Å². The summed E-state index contributed by atoms with van der Waals surface area (Å²) < 4.78 is 14.3. The van der Waals surface area contributed by atoms with Crippen molar-refractivity contribution in [3.8, 4) is 0 Å². The first kappa shape index (κ1) is 26.4. The van der Waals surface area contributed by atoms with E-state index in [0.29, 0.717) is 17.8 Å². The Labute approximate surface area is 169 Å². The van der Waals surface area contributed by atoms with Gasteiger partial charge in [-0.3, -0.25) is 0 Å². The molecule has 0 fully saturated rings. The molecule has 26 heavy (non-hydrogen) atoms. The van der Waals surface area contributed by atoms with E-state index in [4.69, 9.17) is 0 Å². The predicted molar refractivity (Wildman–Crippen MR) is 121 cm³/mol. The quantitative estimate of drug-likeness (QED) is 0.198. The van der Waals surface area contributed by atoms with Crippen molar-refractivity contribution >= 4 is 13.5 Å². The molecule has 0 radical (unpaired) electrons. The Bertz CT molecular complexity index is 300. The van der Waals surface area contributed by atoms with Crippen LogP contribution in [0.2, 0.25) is 15.6 Å². The minimum absolute atomic E-state index is 0.715. The zero-order valence-corrected chi connectivity index (χ0v) is 21.1. The van der Waals surface area contributed by atoms with Gasteiger partial charge in [-0.2, -0.15) is 0 Å². The average molecular weight is 431 g/mol. The normalized spacial score (nSPS) is 17.6. The molecule has 0 aliphatic heterocycles. The van der Waals surface area contributed by atoms with E-state index < -0.39 is 13.5 Å². The SMILES string of the molecule is CCCCC(CC)C[As](=O)(CC(CC)CCCC)CC(CC)CCCC. The van der Waals surface area contributed by atoms with Crippen molar-refractivity contribution in [3.05, 3.63) is 0 Å². The van der Waals surface area contributed by atoms with Crippen LogP contribution < -0.4 is 0 Å². The van der Waals surface area contributed by atoms with Gasteiger partial charge in [0, 0.05) is 0 Å². The molecular weight excluding hydrogens is 379 g/mol. The van der Waals surface area contributed by atoms with Crippen LogP contribution in [0.15, 0.2) is 0 Å². The maximum absolute atomic E-state index is 14.3. The summed E-state index contributed by atoms with van der Waals surface area (Å²) in [6, 6.07) is 0. The van der Waals surface area contributed by atoms with Gasteiger partial charge in [0.2, 0.25) is 0 Å². The first-order valence-corrected chi connectivity index (χ1v) is 16.8. The molecule has 3 unspecified atom stereocenters. The monoisotopic (exact) mass is 430 g/mol. The van der Waals surface area contributed by atoms with Crippen LogP contribution in [-0.4, -0.2) is 13.5 Å². The average Bonchev–Trinajstić information content (AvgIpc) is 2.65. The van der Waals surface area contributed by atoms with Crippen molar-refractivity contribution in [2.75, 3.05) is 0 Å². The summed E-state index contributed by atoms with van der Waals surface area (Å²) in [7, 11) is 0. The van der Waals surface area contributed by atoms with Gasteiger partial charge >= 0.3 is 169 Å². The molecule has 0 bridgehead atoms. The molecule has 1 nitrogen and oxygen atoms in total. The second-order valence-electron chi connectivity index (χ2n) is 8.86. The Balaban J connectivity index is 5.16. The van der Waals surface area contributed by atoms with Crippen LogP contribution in [0.25, 0.3) is 0 Å². The minimum atomic E-state index is -2.81. The first-order valence-electron chi connectivity index (χ1n) is 12.0. The molecule has 0 aromatic rings. The third kappa shape index (κ3) is 11.9. The van der Waals surface area contributed by atoms with Crippen molar-refractivity contribution < 1.29 is 3.74 Å². The first-order chi connectivity index (χ1) is 12.5. The molecule has 0 rings (SSSR count). The summed E-state index contributed by atoms with van der Waals surface area (Å²) in [6.45, 7) is 13.8. The van der Waals surface area contributed by atoms with Gasteiger partial charge in [0.25, 0.3) is 0 Å². The van der Waals surface area contributed by atoms with E-state index in [9.17, 15) is 3.74 Å². The van der Waals surface area contributed by atoms with E-state index in [-0.39, 0.29) is 0 Å². The Morgan fingerprint density at radius 1 is 0.538 bits per heavy atom. The standard InChI is InChI=1S/C24H51AsO/c1-7-13-16-22(10-4)19-25(26,20-23(11-5)17-14-8-2)21-24(12-6)18-15-9-3/h22-24H,7-21H2,1-6H3. The summed E-state index contributed by atoms with van der Waals surface area (Å²) >= 11 is -2.81. The molecule has 0 aliphatic rings. The molecule has 0 N–H and O–H groups in total. The molecule has 0 heterocycles. The van der Waals surface area contributed by atoms with Crippen LogP contribution in [0.5, 0.6) is 0 Å². The third-order valence-electron chi connectivity index (χ3n) is 6.40. The second-order valence-corrected chi connectivity index (χ2v) is 15.6. The van der Waals surface area contributed by atoms with Crippen molar-refractivity contribution in [3.63, 3.8) is 0 Å². The van der Waals surface area contributed by atoms with Crippen molar-refractivity contribution in [2.24, 2.45) is 17.8 Å². The van der Waals surface area contributed by atoms with Crippen molar-refractivity contribution in [2.45, 2.75) is 134 Å². The summed E-state index contributed by atoms with van der Waals surface area (Å²) in [4.78, 5) is 0. The van der Waals surface area contributed by atoms with Crippen molar-refractivity contribution in [1.82, 2.24) is 0 Å². The number of hydrogen-bond donors (Lipinski definition) is 0. The summed E-state index contributed by atoms with van der Waals surface area (Å²) in [6.07, 6.45) is 15.3. The molecule has 0 aliphatic carbocycles. The van der Waals surface area contributed by atoms with Gasteiger partial charge in [0.05, 0.1) is 0 Å². The number of hydrogen-bond acceptors (Lipinski definition) is 1. The van der Waals surface area contributed by atoms with Gasteiger partial charge in [-0.15, -0.1) is 0 Å². The van der Waals surface area contributed by atoms with Gasteiger partial charge in [-0.25, -0.2) is 0 Å². The van der Waals surface area contributed by atoms with Crippen LogP contribution in [-0.2, 0) is 3.74 Å². The molecule has 0 saturated carbocycles. The maximum atomic E-state index is 14.3. The van der Waals surface area contributed by atoms with Crippen LogP contribution in [0.4, 0.5) is 0 Å². The topological polar surface area (TPSA) is 17.1 Å². The molecule has 0 aromatic carbocycles. The Morgan fingerprint density at radius 2 is 0.808 bits per heavy atom. The number of unbranched alkanes of at least 4 members (excludes halogenated alkanes) is 3. The predicted octanol–water partition coefficient (Wildman–Crippen LogP) is 9.01. The summed E-state index contributed by atoms with van der Waals surface area (Å²) in [5.41, 5.74) is 0. The molecule has 2 heteroatoms. The van der Waals surface area contributed by atoms with Gasteiger partial charge in [-0.1, -0.05) is 0 Å². The van der Waals surface area contributed by atoms with E-state index in [1.807, 2.05) is 0 Å². The van der Waals surface area contributed by atoms with E-state index in [1.54, 1.807) is 0 Å². The van der Waals surface area contributed by atoms with Crippen LogP contribution >= 0.6 is 0 Å². The molecule has 0 amide bonds. The van der Waals surface area contributed by atoms with E-state index in [0.717, 1.165) is 15.6 Å². The van der Waals surface area contributed by atoms with Gasteiger partial charge < -0.3 is 0 Å². The summed E-state index contributed by atoms with van der Waals surface area (Å²) in [5.74, 6) is 2.15. The fourth-order valence-corrected chi connectivity index (χ4v) is 14.0. The number of rotatable bonds is 18. The molecule has 0 saturated heterocycles. The van der Waals surface area contributed by atoms with Crippen LogP contribution in [0, 0.1) is 17.8 Å².